The smallest absolute Gasteiger partial charge is 0.323 e. The van der Waals surface area contributed by atoms with Crippen molar-refractivity contribution < 1.29 is 37.6 Å². The summed E-state index contributed by atoms with van der Waals surface area (Å²) in [4.78, 5) is 40.1. The molecule has 0 aliphatic rings. The number of hydrogen-bond acceptors (Lipinski definition) is 12. The van der Waals surface area contributed by atoms with Gasteiger partial charge in [0.2, 0.25) is 0 Å². The van der Waals surface area contributed by atoms with Crippen LogP contribution in [-0.4, -0.2) is 48.5 Å². The summed E-state index contributed by atoms with van der Waals surface area (Å²) < 4.78 is 25.8. The molecule has 0 saturated heterocycles. The number of carbonyl (C=O) groups excluding carboxylic acids is 2. The summed E-state index contributed by atoms with van der Waals surface area (Å²) in [5, 5.41) is 15.9. The number of nitro benzene ring substituents is 1. The van der Waals surface area contributed by atoms with Crippen LogP contribution in [0.4, 0.5) is 27.5 Å². The van der Waals surface area contributed by atoms with Crippen molar-refractivity contribution in [3.63, 3.8) is 0 Å². The lowest BCUT2D eigenvalue weighted by atomic mass is 10.1. The van der Waals surface area contributed by atoms with Crippen molar-refractivity contribution in [1.82, 2.24) is 9.97 Å². The number of nitro groups is 1. The Bertz CT molecular complexity index is 2070. The van der Waals surface area contributed by atoms with Gasteiger partial charge in [0, 0.05) is 35.3 Å². The van der Waals surface area contributed by atoms with Crippen molar-refractivity contribution in [3.8, 4) is 39.9 Å². The van der Waals surface area contributed by atoms with Gasteiger partial charge < -0.3 is 39.4 Å². The van der Waals surface area contributed by atoms with Gasteiger partial charge in [-0.2, -0.15) is 0 Å². The van der Waals surface area contributed by atoms with Crippen molar-refractivity contribution in [2.45, 2.75) is 6.92 Å². The first kappa shape index (κ1) is 36.7. The molecule has 0 radical (unpaired) electrons. The molecule has 0 aliphatic carbocycles. The third-order valence-corrected chi connectivity index (χ3v) is 6.91. The van der Waals surface area contributed by atoms with E-state index in [1.165, 1.54) is 38.1 Å². The predicted molar refractivity (Wildman–Crippen MR) is 190 cm³/mol. The second kappa shape index (κ2) is 17.8. The number of hydrogen-bond donors (Lipinski definition) is 3. The van der Waals surface area contributed by atoms with Crippen molar-refractivity contribution in [2.75, 3.05) is 37.7 Å². The molecule has 2 heterocycles. The quantitative estimate of drug-likeness (QED) is 0.0577. The molecule has 0 fully saturated rings. The molecule has 0 atom stereocenters. The minimum Gasteiger partial charge on any atom is -0.496 e. The highest BCUT2D eigenvalue weighted by Gasteiger charge is 2.12. The third kappa shape index (κ3) is 10.2. The fourth-order valence-electron chi connectivity index (χ4n) is 4.51. The molecule has 4 N–H and O–H groups in total. The first-order valence-corrected chi connectivity index (χ1v) is 15.0. The van der Waals surface area contributed by atoms with E-state index in [0.29, 0.717) is 46.2 Å². The second-order valence-electron chi connectivity index (χ2n) is 10.4. The molecule has 6 rings (SSSR count). The topological polar surface area (TPSA) is 207 Å². The number of nitrogen functional groups attached to an aromatic ring is 1. The minimum atomic E-state index is -0.545. The molecule has 262 valence electrons. The highest BCUT2D eigenvalue weighted by Crippen LogP contribution is 2.33. The maximum Gasteiger partial charge on any atom is 0.323 e. The maximum absolute atomic E-state index is 12.1. The van der Waals surface area contributed by atoms with Crippen LogP contribution in [-0.2, 0) is 0 Å². The number of oxazole rings is 2. The lowest BCUT2D eigenvalue weighted by molar-refractivity contribution is -0.384. The van der Waals surface area contributed by atoms with Crippen molar-refractivity contribution >= 4 is 35.1 Å². The molecule has 2 aromatic heterocycles. The minimum absolute atomic E-state index is 0.0950. The monoisotopic (exact) mass is 694 g/mol. The number of aldehydes is 1. The van der Waals surface area contributed by atoms with E-state index < -0.39 is 4.92 Å². The van der Waals surface area contributed by atoms with Crippen molar-refractivity contribution in [3.05, 3.63) is 125 Å². The largest absolute Gasteiger partial charge is 0.496 e. The number of urea groups is 1. The zero-order chi connectivity index (χ0) is 36.8. The highest BCUT2D eigenvalue weighted by atomic mass is 16.6. The first-order chi connectivity index (χ1) is 24.6. The fraction of sp³-hybridized carbons (Fsp3) is 0.111. The summed E-state index contributed by atoms with van der Waals surface area (Å²) in [7, 11) is 4.51. The molecular formula is C36H34N6O9. The Kier molecular flexibility index (Phi) is 12.8. The van der Waals surface area contributed by atoms with Gasteiger partial charge in [-0.1, -0.05) is 12.1 Å². The Balaban J connectivity index is 0.000000185. The number of ether oxygens (including phenoxy) is 3. The SMILES string of the molecule is COc1cc(N)ccc1-c1cnco1.COc1cc(NC(=O)Nc2cccc(C)c2)ccc1-c1cnco1.COc1cc([N+](=O)[O-])ccc1C=O. The Morgan fingerprint density at radius 2 is 1.37 bits per heavy atom. The second-order valence-corrected chi connectivity index (χ2v) is 10.4. The van der Waals surface area contributed by atoms with Gasteiger partial charge in [0.15, 0.2) is 30.6 Å². The van der Waals surface area contributed by atoms with Crippen LogP contribution < -0.4 is 30.6 Å². The van der Waals surface area contributed by atoms with Gasteiger partial charge >= 0.3 is 6.03 Å². The standard InChI is InChI=1S/C18H17N3O3.C10H10N2O2.C8H7NO4/c1-12-4-3-5-13(8-12)20-18(22)21-14-6-7-15(16(9-14)23-2)17-10-19-11-24-17;1-13-9-4-7(11)2-3-8(9)10-5-12-6-14-10;1-13-8-4-7(9(11)12)3-2-6(8)5-10/h3-11H,1-2H3,(H2,20,21,22);2-6H,11H2,1H3;2-5H,1H3. The molecule has 0 saturated carbocycles. The van der Waals surface area contributed by atoms with Gasteiger partial charge in [0.1, 0.15) is 17.2 Å². The number of nitrogens with one attached hydrogen (secondary N) is 2. The molecule has 0 unspecified atom stereocenters. The number of benzene rings is 4. The number of aryl methyl sites for hydroxylation is 1. The number of rotatable bonds is 9. The van der Waals surface area contributed by atoms with Gasteiger partial charge in [-0.3, -0.25) is 14.9 Å². The molecule has 0 aliphatic heterocycles. The summed E-state index contributed by atoms with van der Waals surface area (Å²) in [6.45, 7) is 1.97. The zero-order valence-electron chi connectivity index (χ0n) is 28.0. The maximum atomic E-state index is 12.1. The zero-order valence-corrected chi connectivity index (χ0v) is 28.0. The van der Waals surface area contributed by atoms with Crippen molar-refractivity contribution in [1.29, 1.82) is 0 Å². The van der Waals surface area contributed by atoms with Crippen LogP contribution in [0.5, 0.6) is 17.2 Å². The number of nitrogens with zero attached hydrogens (tertiary/aromatic N) is 3. The number of anilines is 3. The average molecular weight is 695 g/mol. The number of carbonyl (C=O) groups is 2. The fourth-order valence-corrected chi connectivity index (χ4v) is 4.51. The lowest BCUT2D eigenvalue weighted by Gasteiger charge is -2.11. The number of nitrogens with two attached hydrogens (primary N) is 1. The molecule has 51 heavy (non-hydrogen) atoms. The van der Waals surface area contributed by atoms with Gasteiger partial charge in [-0.05, 0) is 55.0 Å². The number of aromatic nitrogens is 2. The lowest BCUT2D eigenvalue weighted by Crippen LogP contribution is -2.19. The Hall–Kier alpha value is -7.16. The number of methoxy groups -OCH3 is 3. The molecule has 4 aromatic carbocycles. The van der Waals surface area contributed by atoms with E-state index in [-0.39, 0.29) is 17.5 Å². The van der Waals surface area contributed by atoms with Crippen LogP contribution in [0.2, 0.25) is 0 Å². The Morgan fingerprint density at radius 3 is 1.90 bits per heavy atom. The van der Waals surface area contributed by atoms with Crippen LogP contribution in [0.1, 0.15) is 15.9 Å². The average Bonchev–Trinajstić information content (AvgIpc) is 3.87. The molecular weight excluding hydrogens is 660 g/mol. The van der Waals surface area contributed by atoms with Crippen LogP contribution in [0.25, 0.3) is 22.6 Å². The summed E-state index contributed by atoms with van der Waals surface area (Å²) >= 11 is 0. The van der Waals surface area contributed by atoms with E-state index in [2.05, 4.69) is 20.6 Å². The Labute approximate surface area is 292 Å². The van der Waals surface area contributed by atoms with Crippen LogP contribution >= 0.6 is 0 Å². The molecule has 15 heteroatoms. The summed E-state index contributed by atoms with van der Waals surface area (Å²) in [6, 6.07) is 21.8. The molecule has 2 amide bonds. The van der Waals surface area contributed by atoms with Crippen molar-refractivity contribution in [2.24, 2.45) is 0 Å². The van der Waals surface area contributed by atoms with Crippen LogP contribution in [0.15, 0.2) is 113 Å². The number of non-ortho nitro benzene ring substituents is 1. The first-order valence-electron chi connectivity index (χ1n) is 15.0. The van der Waals surface area contributed by atoms with E-state index in [1.807, 2.05) is 43.3 Å². The van der Waals surface area contributed by atoms with Gasteiger partial charge in [-0.15, -0.1) is 0 Å². The van der Waals surface area contributed by atoms with E-state index in [1.54, 1.807) is 50.9 Å². The highest BCUT2D eigenvalue weighted by molar-refractivity contribution is 6.00. The predicted octanol–water partition coefficient (Wildman–Crippen LogP) is 7.65. The van der Waals surface area contributed by atoms with Gasteiger partial charge in [0.05, 0.1) is 61.4 Å². The van der Waals surface area contributed by atoms with E-state index in [9.17, 15) is 19.7 Å². The summed E-state index contributed by atoms with van der Waals surface area (Å²) in [6.07, 6.45) is 6.56. The van der Waals surface area contributed by atoms with Gasteiger partial charge in [0.25, 0.3) is 5.69 Å². The molecule has 0 bridgehead atoms. The van der Waals surface area contributed by atoms with E-state index >= 15 is 0 Å². The third-order valence-electron chi connectivity index (χ3n) is 6.91. The van der Waals surface area contributed by atoms with E-state index in [4.69, 9.17) is 28.8 Å². The Morgan fingerprint density at radius 1 is 0.784 bits per heavy atom. The molecule has 15 nitrogen and oxygen atoms in total. The summed E-state index contributed by atoms with van der Waals surface area (Å²) in [5.74, 6) is 2.75. The normalized spacial score (nSPS) is 9.96. The van der Waals surface area contributed by atoms with Gasteiger partial charge in [-0.25, -0.2) is 14.8 Å². The number of amides is 2. The molecule has 6 aromatic rings. The van der Waals surface area contributed by atoms with E-state index in [0.717, 1.165) is 22.4 Å². The van der Waals surface area contributed by atoms with Crippen LogP contribution in [0, 0.1) is 17.0 Å². The van der Waals surface area contributed by atoms with Crippen LogP contribution in [0.3, 0.4) is 0 Å². The summed E-state index contributed by atoms with van der Waals surface area (Å²) in [5.41, 5.74) is 10.5. The molecule has 0 spiro atoms.